The first-order chi connectivity index (χ1) is 12.0. The second-order valence-corrected chi connectivity index (χ2v) is 7.24. The minimum Gasteiger partial charge on any atom is -0.490 e. The molecule has 0 aromatic heterocycles. The molecule has 3 rings (SSSR count). The van der Waals surface area contributed by atoms with Crippen LogP contribution >= 0.6 is 23.2 Å². The molecule has 2 saturated heterocycles. The summed E-state index contributed by atoms with van der Waals surface area (Å²) in [7, 11) is 0. The number of amides is 1. The van der Waals surface area contributed by atoms with E-state index in [0.717, 1.165) is 25.7 Å². The van der Waals surface area contributed by atoms with Crippen molar-refractivity contribution in [1.29, 1.82) is 5.26 Å². The smallest absolute Gasteiger partial charge is 0.240 e. The molecule has 0 spiro atoms. The second kappa shape index (κ2) is 7.69. The van der Waals surface area contributed by atoms with Crippen molar-refractivity contribution < 1.29 is 9.53 Å². The summed E-state index contributed by atoms with van der Waals surface area (Å²) < 4.78 is 5.74. The number of rotatable bonds is 4. The number of hydrogen-bond donors (Lipinski definition) is 2. The SMILES string of the molecule is N#C[C@@H]1CCCN1C(=O)[C@@H]1CC[C@H](COc2cc(N)c(Cl)cc2Cl)N1. The van der Waals surface area contributed by atoms with Crippen LogP contribution in [0.2, 0.25) is 10.0 Å². The van der Waals surface area contributed by atoms with Crippen molar-refractivity contribution in [2.24, 2.45) is 0 Å². The number of anilines is 1. The zero-order valence-corrected chi connectivity index (χ0v) is 15.2. The third kappa shape index (κ3) is 3.95. The first-order valence-electron chi connectivity index (χ1n) is 8.33. The number of nitriles is 1. The van der Waals surface area contributed by atoms with Gasteiger partial charge >= 0.3 is 0 Å². The lowest BCUT2D eigenvalue weighted by molar-refractivity contribution is -0.133. The number of nitrogen functional groups attached to an aromatic ring is 1. The van der Waals surface area contributed by atoms with E-state index in [2.05, 4.69) is 11.4 Å². The number of nitrogens with one attached hydrogen (secondary N) is 1. The van der Waals surface area contributed by atoms with Crippen LogP contribution in [-0.2, 0) is 4.79 Å². The van der Waals surface area contributed by atoms with E-state index in [4.69, 9.17) is 38.9 Å². The van der Waals surface area contributed by atoms with Crippen LogP contribution in [0.4, 0.5) is 5.69 Å². The van der Waals surface area contributed by atoms with E-state index in [1.54, 1.807) is 17.0 Å². The van der Waals surface area contributed by atoms with Crippen LogP contribution in [0.3, 0.4) is 0 Å². The van der Waals surface area contributed by atoms with Crippen LogP contribution in [0, 0.1) is 11.3 Å². The Morgan fingerprint density at radius 3 is 2.92 bits per heavy atom. The summed E-state index contributed by atoms with van der Waals surface area (Å²) in [6, 6.07) is 4.86. The Morgan fingerprint density at radius 1 is 1.36 bits per heavy atom. The Balaban J connectivity index is 1.54. The molecule has 0 radical (unpaired) electrons. The first kappa shape index (κ1) is 18.1. The van der Waals surface area contributed by atoms with E-state index in [0.29, 0.717) is 34.6 Å². The molecule has 2 aliphatic rings. The molecule has 8 heteroatoms. The molecule has 0 unspecified atom stereocenters. The minimum atomic E-state index is -0.291. The van der Waals surface area contributed by atoms with Gasteiger partial charge in [-0.1, -0.05) is 23.2 Å². The topological polar surface area (TPSA) is 91.4 Å². The fraction of sp³-hybridized carbons (Fsp3) is 0.529. The highest BCUT2D eigenvalue weighted by Gasteiger charge is 2.36. The third-order valence-electron chi connectivity index (χ3n) is 4.71. The molecule has 25 heavy (non-hydrogen) atoms. The summed E-state index contributed by atoms with van der Waals surface area (Å²) in [6.07, 6.45) is 3.21. The molecule has 3 atom stereocenters. The Hall–Kier alpha value is -1.68. The highest BCUT2D eigenvalue weighted by atomic mass is 35.5. The van der Waals surface area contributed by atoms with Crippen LogP contribution in [0.5, 0.6) is 5.75 Å². The lowest BCUT2D eigenvalue weighted by atomic mass is 10.1. The van der Waals surface area contributed by atoms with Crippen molar-refractivity contribution in [3.05, 3.63) is 22.2 Å². The summed E-state index contributed by atoms with van der Waals surface area (Å²) in [4.78, 5) is 14.3. The number of halogens is 2. The zero-order chi connectivity index (χ0) is 18.0. The van der Waals surface area contributed by atoms with Crippen molar-refractivity contribution >= 4 is 34.8 Å². The van der Waals surface area contributed by atoms with Gasteiger partial charge in [-0.2, -0.15) is 5.26 Å². The van der Waals surface area contributed by atoms with Crippen LogP contribution < -0.4 is 15.8 Å². The van der Waals surface area contributed by atoms with Gasteiger partial charge in [0.15, 0.2) is 0 Å². The molecule has 6 nitrogen and oxygen atoms in total. The Bertz CT molecular complexity index is 707. The molecule has 0 bridgehead atoms. The standard InChI is InChI=1S/C17H20Cl2N4O2/c18-12-6-13(19)16(7-14(12)21)25-9-10-3-4-15(22-10)17(24)23-5-1-2-11(23)8-20/h6-7,10-11,15,22H,1-5,9,21H2/t10-,11+,15+/m1/s1. The van der Waals surface area contributed by atoms with Crippen molar-refractivity contribution in [2.75, 3.05) is 18.9 Å². The van der Waals surface area contributed by atoms with Gasteiger partial charge in [-0.3, -0.25) is 10.1 Å². The predicted molar refractivity (Wildman–Crippen MR) is 96.7 cm³/mol. The Labute approximate surface area is 156 Å². The van der Waals surface area contributed by atoms with E-state index < -0.39 is 0 Å². The van der Waals surface area contributed by atoms with E-state index in [1.165, 1.54) is 0 Å². The number of ether oxygens (including phenoxy) is 1. The van der Waals surface area contributed by atoms with Gasteiger partial charge in [0.25, 0.3) is 0 Å². The quantitative estimate of drug-likeness (QED) is 0.780. The molecule has 134 valence electrons. The number of benzene rings is 1. The van der Waals surface area contributed by atoms with E-state index >= 15 is 0 Å². The number of carbonyl (C=O) groups excluding carboxylic acids is 1. The third-order valence-corrected chi connectivity index (χ3v) is 5.34. The molecule has 1 aromatic rings. The van der Waals surface area contributed by atoms with Crippen LogP contribution in [-0.4, -0.2) is 42.1 Å². The van der Waals surface area contributed by atoms with Crippen molar-refractivity contribution in [3.63, 3.8) is 0 Å². The zero-order valence-electron chi connectivity index (χ0n) is 13.7. The molecule has 2 fully saturated rings. The van der Waals surface area contributed by atoms with Gasteiger partial charge < -0.3 is 15.4 Å². The molecule has 0 aliphatic carbocycles. The first-order valence-corrected chi connectivity index (χ1v) is 9.08. The highest BCUT2D eigenvalue weighted by molar-refractivity contribution is 6.37. The van der Waals surface area contributed by atoms with Gasteiger partial charge in [-0.15, -0.1) is 0 Å². The van der Waals surface area contributed by atoms with Gasteiger partial charge in [-0.05, 0) is 31.7 Å². The number of nitrogens with zero attached hydrogens (tertiary/aromatic N) is 2. The Kier molecular flexibility index (Phi) is 5.57. The van der Waals surface area contributed by atoms with Gasteiger partial charge in [-0.25, -0.2) is 0 Å². The molecule has 2 heterocycles. The van der Waals surface area contributed by atoms with Gasteiger partial charge in [0.1, 0.15) is 18.4 Å². The summed E-state index contributed by atoms with van der Waals surface area (Å²) in [5.74, 6) is 0.490. The summed E-state index contributed by atoms with van der Waals surface area (Å²) in [5, 5.41) is 13.2. The average Bonchev–Trinajstić information content (AvgIpc) is 3.25. The maximum absolute atomic E-state index is 12.6. The van der Waals surface area contributed by atoms with Crippen LogP contribution in [0.1, 0.15) is 25.7 Å². The fourth-order valence-electron chi connectivity index (χ4n) is 3.36. The van der Waals surface area contributed by atoms with Crippen molar-refractivity contribution in [2.45, 2.75) is 43.8 Å². The molecule has 2 aliphatic heterocycles. The lowest BCUT2D eigenvalue weighted by Crippen LogP contribution is -2.47. The van der Waals surface area contributed by atoms with E-state index in [9.17, 15) is 4.79 Å². The van der Waals surface area contributed by atoms with Gasteiger partial charge in [0, 0.05) is 18.7 Å². The monoisotopic (exact) mass is 382 g/mol. The largest absolute Gasteiger partial charge is 0.490 e. The van der Waals surface area contributed by atoms with Gasteiger partial charge in [0.05, 0.1) is 27.8 Å². The fourth-order valence-corrected chi connectivity index (χ4v) is 3.79. The molecular formula is C17H20Cl2N4O2. The molecule has 1 amide bonds. The van der Waals surface area contributed by atoms with Crippen LogP contribution in [0.15, 0.2) is 12.1 Å². The minimum absolute atomic E-state index is 0.0142. The van der Waals surface area contributed by atoms with Crippen LogP contribution in [0.25, 0.3) is 0 Å². The normalized spacial score (nSPS) is 25.8. The predicted octanol–water partition coefficient (Wildman–Crippen LogP) is 2.59. The summed E-state index contributed by atoms with van der Waals surface area (Å²) in [6.45, 7) is 1.04. The highest BCUT2D eigenvalue weighted by Crippen LogP contribution is 2.33. The number of hydrogen-bond acceptors (Lipinski definition) is 5. The van der Waals surface area contributed by atoms with Crippen molar-refractivity contribution in [1.82, 2.24) is 10.2 Å². The lowest BCUT2D eigenvalue weighted by Gasteiger charge is -2.24. The summed E-state index contributed by atoms with van der Waals surface area (Å²) in [5.41, 5.74) is 6.18. The maximum atomic E-state index is 12.6. The average molecular weight is 383 g/mol. The van der Waals surface area contributed by atoms with Crippen molar-refractivity contribution in [3.8, 4) is 11.8 Å². The molecular weight excluding hydrogens is 363 g/mol. The summed E-state index contributed by atoms with van der Waals surface area (Å²) >= 11 is 12.0. The second-order valence-electron chi connectivity index (χ2n) is 6.43. The van der Waals surface area contributed by atoms with E-state index in [1.807, 2.05) is 0 Å². The molecule has 1 aromatic carbocycles. The number of likely N-dealkylation sites (tertiary alicyclic amines) is 1. The van der Waals surface area contributed by atoms with E-state index in [-0.39, 0.29) is 24.0 Å². The van der Waals surface area contributed by atoms with Gasteiger partial charge in [0.2, 0.25) is 5.91 Å². The molecule has 3 N–H and O–H groups in total. The Morgan fingerprint density at radius 2 is 2.16 bits per heavy atom. The number of carbonyl (C=O) groups is 1. The number of nitrogens with two attached hydrogens (primary N) is 1. The molecule has 0 saturated carbocycles. The maximum Gasteiger partial charge on any atom is 0.240 e.